The molecule has 4 rings (SSSR count). The molecule has 2 aliphatic heterocycles. The maximum Gasteiger partial charge on any atom is 0.231 e. The highest BCUT2D eigenvalue weighted by molar-refractivity contribution is 5.70. The van der Waals surface area contributed by atoms with E-state index in [2.05, 4.69) is 0 Å². The summed E-state index contributed by atoms with van der Waals surface area (Å²) < 4.78 is 28.3. The minimum Gasteiger partial charge on any atom is -0.496 e. The molecule has 2 aliphatic rings. The highest BCUT2D eigenvalue weighted by Gasteiger charge is 2.25. The first-order valence-electron chi connectivity index (χ1n) is 8.27. The molecule has 0 amide bonds. The minimum absolute atomic E-state index is 0.110. The van der Waals surface area contributed by atoms with E-state index in [1.807, 2.05) is 56.3 Å². The van der Waals surface area contributed by atoms with Crippen molar-refractivity contribution in [1.29, 1.82) is 0 Å². The Bertz CT molecular complexity index is 825. The van der Waals surface area contributed by atoms with Crippen molar-refractivity contribution in [3.8, 4) is 23.0 Å². The standard InChI is InChI=1S/C20H20O5/c1-12(2)24-14-5-7-16-15(9-14)19(21-3)10-18(25-16)13-4-6-17-20(8-13)23-11-22-17/h4-10,12,18H,11H2,1-3H3. The Balaban J connectivity index is 1.67. The summed E-state index contributed by atoms with van der Waals surface area (Å²) in [5.74, 6) is 3.81. The number of hydrogen-bond donors (Lipinski definition) is 0. The second kappa shape index (κ2) is 6.24. The lowest BCUT2D eigenvalue weighted by Crippen LogP contribution is -2.13. The molecule has 0 saturated carbocycles. The first-order chi connectivity index (χ1) is 12.1. The number of ether oxygens (including phenoxy) is 5. The summed E-state index contributed by atoms with van der Waals surface area (Å²) in [6.45, 7) is 4.25. The Morgan fingerprint density at radius 1 is 1.00 bits per heavy atom. The van der Waals surface area contributed by atoms with Crippen molar-refractivity contribution in [2.24, 2.45) is 0 Å². The lowest BCUT2D eigenvalue weighted by molar-refractivity contribution is 0.173. The van der Waals surface area contributed by atoms with Gasteiger partial charge in [0.05, 0.1) is 18.8 Å². The Morgan fingerprint density at radius 3 is 2.60 bits per heavy atom. The fraction of sp³-hybridized carbons (Fsp3) is 0.300. The topological polar surface area (TPSA) is 46.2 Å². The molecule has 25 heavy (non-hydrogen) atoms. The first-order valence-corrected chi connectivity index (χ1v) is 8.27. The average molecular weight is 340 g/mol. The molecule has 0 aromatic heterocycles. The van der Waals surface area contributed by atoms with Crippen LogP contribution in [-0.4, -0.2) is 20.0 Å². The molecule has 2 aromatic carbocycles. The van der Waals surface area contributed by atoms with Crippen LogP contribution in [0.3, 0.4) is 0 Å². The minimum atomic E-state index is -0.256. The molecule has 0 N–H and O–H groups in total. The van der Waals surface area contributed by atoms with E-state index in [0.29, 0.717) is 0 Å². The molecule has 1 atom stereocenters. The molecule has 130 valence electrons. The van der Waals surface area contributed by atoms with Gasteiger partial charge in [-0.2, -0.15) is 0 Å². The van der Waals surface area contributed by atoms with Crippen LogP contribution in [0.5, 0.6) is 23.0 Å². The fourth-order valence-electron chi connectivity index (χ4n) is 2.98. The summed E-state index contributed by atoms with van der Waals surface area (Å²) in [7, 11) is 1.66. The molecule has 0 fully saturated rings. The maximum atomic E-state index is 6.16. The summed E-state index contributed by atoms with van der Waals surface area (Å²) >= 11 is 0. The Labute approximate surface area is 146 Å². The van der Waals surface area contributed by atoms with Gasteiger partial charge >= 0.3 is 0 Å². The first kappa shape index (κ1) is 15.7. The van der Waals surface area contributed by atoms with E-state index in [9.17, 15) is 0 Å². The Morgan fingerprint density at radius 2 is 1.80 bits per heavy atom. The van der Waals surface area contributed by atoms with Gasteiger partial charge in [-0.1, -0.05) is 6.07 Å². The van der Waals surface area contributed by atoms with E-state index < -0.39 is 0 Å². The molecule has 2 aromatic rings. The zero-order chi connectivity index (χ0) is 17.4. The van der Waals surface area contributed by atoms with Gasteiger partial charge in [-0.05, 0) is 44.2 Å². The van der Waals surface area contributed by atoms with Gasteiger partial charge in [-0.25, -0.2) is 0 Å². The van der Waals surface area contributed by atoms with Crippen molar-refractivity contribution in [3.05, 3.63) is 53.6 Å². The van der Waals surface area contributed by atoms with Crippen LogP contribution in [0.4, 0.5) is 0 Å². The van der Waals surface area contributed by atoms with Crippen LogP contribution >= 0.6 is 0 Å². The van der Waals surface area contributed by atoms with Gasteiger partial charge in [0.25, 0.3) is 0 Å². The molecule has 0 radical (unpaired) electrons. The smallest absolute Gasteiger partial charge is 0.231 e. The van der Waals surface area contributed by atoms with Crippen LogP contribution in [0.2, 0.25) is 0 Å². The number of hydrogen-bond acceptors (Lipinski definition) is 5. The SMILES string of the molecule is COC1=CC(c2ccc3c(c2)OCO3)Oc2ccc(OC(C)C)cc21. The summed E-state index contributed by atoms with van der Waals surface area (Å²) in [5.41, 5.74) is 1.87. The van der Waals surface area contributed by atoms with Crippen LogP contribution in [0, 0.1) is 0 Å². The van der Waals surface area contributed by atoms with E-state index in [-0.39, 0.29) is 19.0 Å². The number of methoxy groups -OCH3 is 1. The molecular formula is C20H20O5. The van der Waals surface area contributed by atoms with Crippen molar-refractivity contribution in [2.45, 2.75) is 26.1 Å². The fourth-order valence-corrected chi connectivity index (χ4v) is 2.98. The predicted molar refractivity (Wildman–Crippen MR) is 93.1 cm³/mol. The van der Waals surface area contributed by atoms with E-state index in [1.165, 1.54) is 0 Å². The molecule has 1 unspecified atom stereocenters. The van der Waals surface area contributed by atoms with E-state index >= 15 is 0 Å². The number of benzene rings is 2. The molecule has 0 spiro atoms. The lowest BCUT2D eigenvalue weighted by Gasteiger charge is -2.26. The van der Waals surface area contributed by atoms with Crippen LogP contribution in [0.1, 0.15) is 31.1 Å². The Kier molecular flexibility index (Phi) is 3.92. The predicted octanol–water partition coefficient (Wildman–Crippen LogP) is 4.32. The summed E-state index contributed by atoms with van der Waals surface area (Å²) in [5, 5.41) is 0. The van der Waals surface area contributed by atoms with Crippen LogP contribution in [-0.2, 0) is 4.74 Å². The van der Waals surface area contributed by atoms with Crippen molar-refractivity contribution in [3.63, 3.8) is 0 Å². The third kappa shape index (κ3) is 2.97. The van der Waals surface area contributed by atoms with Gasteiger partial charge in [0.15, 0.2) is 11.5 Å². The monoisotopic (exact) mass is 340 g/mol. The molecule has 0 aliphatic carbocycles. The quantitative estimate of drug-likeness (QED) is 0.829. The van der Waals surface area contributed by atoms with Gasteiger partial charge in [-0.3, -0.25) is 0 Å². The van der Waals surface area contributed by atoms with Crippen LogP contribution in [0.25, 0.3) is 5.76 Å². The van der Waals surface area contributed by atoms with Crippen molar-refractivity contribution in [1.82, 2.24) is 0 Å². The second-order valence-electron chi connectivity index (χ2n) is 6.21. The Hall–Kier alpha value is -2.82. The third-order valence-electron chi connectivity index (χ3n) is 4.09. The number of fused-ring (bicyclic) bond motifs is 2. The molecule has 5 heteroatoms. The zero-order valence-corrected chi connectivity index (χ0v) is 14.4. The van der Waals surface area contributed by atoms with Gasteiger partial charge in [-0.15, -0.1) is 0 Å². The van der Waals surface area contributed by atoms with Crippen LogP contribution in [0.15, 0.2) is 42.5 Å². The molecular weight excluding hydrogens is 320 g/mol. The molecule has 2 heterocycles. The van der Waals surface area contributed by atoms with Crippen molar-refractivity contribution < 1.29 is 23.7 Å². The lowest BCUT2D eigenvalue weighted by atomic mass is 10.0. The molecule has 0 saturated heterocycles. The highest BCUT2D eigenvalue weighted by Crippen LogP contribution is 2.41. The second-order valence-corrected chi connectivity index (χ2v) is 6.21. The average Bonchev–Trinajstić information content (AvgIpc) is 3.08. The van der Waals surface area contributed by atoms with Gasteiger partial charge in [0, 0.05) is 11.6 Å². The molecule has 5 nitrogen and oxygen atoms in total. The molecule has 0 bridgehead atoms. The van der Waals surface area contributed by atoms with Crippen LogP contribution < -0.4 is 18.9 Å². The van der Waals surface area contributed by atoms with Crippen molar-refractivity contribution in [2.75, 3.05) is 13.9 Å². The number of rotatable bonds is 4. The maximum absolute atomic E-state index is 6.16. The van der Waals surface area contributed by atoms with E-state index in [4.69, 9.17) is 23.7 Å². The van der Waals surface area contributed by atoms with E-state index in [0.717, 1.165) is 39.9 Å². The summed E-state index contributed by atoms with van der Waals surface area (Å²) in [6.07, 6.45) is 1.81. The zero-order valence-electron chi connectivity index (χ0n) is 14.4. The third-order valence-corrected chi connectivity index (χ3v) is 4.09. The van der Waals surface area contributed by atoms with Gasteiger partial charge < -0.3 is 23.7 Å². The normalized spacial score (nSPS) is 17.6. The van der Waals surface area contributed by atoms with E-state index in [1.54, 1.807) is 7.11 Å². The van der Waals surface area contributed by atoms with Gasteiger partial charge in [0.1, 0.15) is 23.4 Å². The highest BCUT2D eigenvalue weighted by atomic mass is 16.7. The largest absolute Gasteiger partial charge is 0.496 e. The van der Waals surface area contributed by atoms with Gasteiger partial charge in [0.2, 0.25) is 6.79 Å². The summed E-state index contributed by atoms with van der Waals surface area (Å²) in [6, 6.07) is 11.6. The van der Waals surface area contributed by atoms with Crippen molar-refractivity contribution >= 4 is 5.76 Å². The summed E-state index contributed by atoms with van der Waals surface area (Å²) in [4.78, 5) is 0.